The van der Waals surface area contributed by atoms with Crippen molar-refractivity contribution in [1.82, 2.24) is 15.2 Å². The average Bonchev–Trinajstić information content (AvgIpc) is 3.33. The minimum absolute atomic E-state index is 0.0135. The van der Waals surface area contributed by atoms with Gasteiger partial charge in [0.15, 0.2) is 5.13 Å². The Hall–Kier alpha value is -2.19. The van der Waals surface area contributed by atoms with Gasteiger partial charge in [0.25, 0.3) is 0 Å². The number of nitrogens with one attached hydrogen (secondary N) is 2. The lowest BCUT2D eigenvalue weighted by molar-refractivity contribution is -0.127. The Morgan fingerprint density at radius 3 is 2.88 bits per heavy atom. The SMILES string of the molecule is CC(C(=O)Nc1nccs1)N1CCC(C(=O)NCc2ccco2)CC1. The molecule has 2 amide bonds. The summed E-state index contributed by atoms with van der Waals surface area (Å²) in [6, 6.07) is 3.40. The predicted molar refractivity (Wildman–Crippen MR) is 95.1 cm³/mol. The molecule has 2 aromatic heterocycles. The largest absolute Gasteiger partial charge is 0.467 e. The molecule has 8 heteroatoms. The number of aromatic nitrogens is 1. The highest BCUT2D eigenvalue weighted by molar-refractivity contribution is 7.13. The molecule has 0 aromatic carbocycles. The predicted octanol–water partition coefficient (Wildman–Crippen LogP) is 2.09. The van der Waals surface area contributed by atoms with Gasteiger partial charge in [-0.25, -0.2) is 4.98 Å². The molecule has 1 aliphatic heterocycles. The van der Waals surface area contributed by atoms with E-state index >= 15 is 0 Å². The minimum Gasteiger partial charge on any atom is -0.467 e. The minimum atomic E-state index is -0.240. The van der Waals surface area contributed by atoms with Crippen molar-refractivity contribution in [3.05, 3.63) is 35.7 Å². The number of carbonyl (C=O) groups excluding carboxylic acids is 2. The molecule has 0 radical (unpaired) electrons. The number of thiazole rings is 1. The van der Waals surface area contributed by atoms with Crippen LogP contribution in [0.4, 0.5) is 5.13 Å². The van der Waals surface area contributed by atoms with Crippen molar-refractivity contribution in [1.29, 1.82) is 0 Å². The van der Waals surface area contributed by atoms with Gasteiger partial charge in [-0.05, 0) is 45.0 Å². The monoisotopic (exact) mass is 362 g/mol. The van der Waals surface area contributed by atoms with Crippen LogP contribution in [0, 0.1) is 5.92 Å². The first-order valence-corrected chi connectivity index (χ1v) is 9.26. The lowest BCUT2D eigenvalue weighted by Crippen LogP contribution is -2.48. The Kier molecular flexibility index (Phi) is 5.83. The van der Waals surface area contributed by atoms with E-state index in [4.69, 9.17) is 4.42 Å². The number of nitrogens with zero attached hydrogens (tertiary/aromatic N) is 2. The van der Waals surface area contributed by atoms with Crippen LogP contribution in [0.3, 0.4) is 0 Å². The summed E-state index contributed by atoms with van der Waals surface area (Å²) < 4.78 is 5.22. The smallest absolute Gasteiger partial charge is 0.243 e. The summed E-state index contributed by atoms with van der Waals surface area (Å²) in [5.41, 5.74) is 0. The third-order valence-electron chi connectivity index (χ3n) is 4.51. The maximum atomic E-state index is 12.3. The van der Waals surface area contributed by atoms with Gasteiger partial charge in [0.2, 0.25) is 11.8 Å². The lowest BCUT2D eigenvalue weighted by atomic mass is 9.95. The van der Waals surface area contributed by atoms with E-state index < -0.39 is 0 Å². The first kappa shape index (κ1) is 17.6. The van der Waals surface area contributed by atoms with Gasteiger partial charge >= 0.3 is 0 Å². The van der Waals surface area contributed by atoms with Gasteiger partial charge in [-0.1, -0.05) is 0 Å². The van der Waals surface area contributed by atoms with Crippen LogP contribution in [0.25, 0.3) is 0 Å². The van der Waals surface area contributed by atoms with E-state index in [-0.39, 0.29) is 23.8 Å². The van der Waals surface area contributed by atoms with Crippen LogP contribution in [0.2, 0.25) is 0 Å². The van der Waals surface area contributed by atoms with Gasteiger partial charge in [0.05, 0.1) is 18.8 Å². The molecule has 7 nitrogen and oxygen atoms in total. The number of piperidine rings is 1. The summed E-state index contributed by atoms with van der Waals surface area (Å²) in [5, 5.41) is 8.18. The first-order chi connectivity index (χ1) is 12.1. The quantitative estimate of drug-likeness (QED) is 0.822. The Balaban J connectivity index is 1.42. The van der Waals surface area contributed by atoms with E-state index in [9.17, 15) is 9.59 Å². The second kappa shape index (κ2) is 8.26. The van der Waals surface area contributed by atoms with E-state index in [1.165, 1.54) is 11.3 Å². The molecule has 1 aliphatic rings. The Morgan fingerprint density at radius 1 is 1.44 bits per heavy atom. The van der Waals surface area contributed by atoms with Crippen LogP contribution >= 0.6 is 11.3 Å². The number of rotatable bonds is 6. The molecule has 1 atom stereocenters. The zero-order chi connectivity index (χ0) is 17.6. The highest BCUT2D eigenvalue weighted by Crippen LogP contribution is 2.20. The molecule has 1 unspecified atom stereocenters. The second-order valence-corrected chi connectivity index (χ2v) is 7.00. The molecular formula is C17H22N4O3S. The number of amides is 2. The molecule has 0 aliphatic carbocycles. The number of hydrogen-bond donors (Lipinski definition) is 2. The van der Waals surface area contributed by atoms with E-state index in [2.05, 4.69) is 20.5 Å². The fraction of sp³-hybridized carbons (Fsp3) is 0.471. The van der Waals surface area contributed by atoms with Crippen LogP contribution in [0.5, 0.6) is 0 Å². The maximum absolute atomic E-state index is 12.3. The third kappa shape index (κ3) is 4.67. The average molecular weight is 362 g/mol. The van der Waals surface area contributed by atoms with Crippen molar-refractivity contribution < 1.29 is 14.0 Å². The number of carbonyl (C=O) groups is 2. The lowest BCUT2D eigenvalue weighted by Gasteiger charge is -2.34. The van der Waals surface area contributed by atoms with Crippen LogP contribution in [-0.2, 0) is 16.1 Å². The van der Waals surface area contributed by atoms with E-state index in [1.807, 2.05) is 18.4 Å². The van der Waals surface area contributed by atoms with E-state index in [1.54, 1.807) is 18.5 Å². The standard InChI is InChI=1S/C17H22N4O3S/c1-12(15(22)20-17-18-6-10-25-17)21-7-4-13(5-8-21)16(23)19-11-14-3-2-9-24-14/h2-3,6,9-10,12-13H,4-5,7-8,11H2,1H3,(H,19,23)(H,18,20,22). The Morgan fingerprint density at radius 2 is 2.24 bits per heavy atom. The van der Waals surface area contributed by atoms with Crippen LogP contribution in [0.1, 0.15) is 25.5 Å². The summed E-state index contributed by atoms with van der Waals surface area (Å²) in [4.78, 5) is 30.7. The van der Waals surface area contributed by atoms with Crippen molar-refractivity contribution >= 4 is 28.3 Å². The molecule has 2 aromatic rings. The Bertz CT molecular complexity index is 679. The van der Waals surface area contributed by atoms with Gasteiger partial charge < -0.3 is 15.1 Å². The molecule has 0 bridgehead atoms. The van der Waals surface area contributed by atoms with Gasteiger partial charge in [-0.2, -0.15) is 0 Å². The molecular weight excluding hydrogens is 340 g/mol. The fourth-order valence-corrected chi connectivity index (χ4v) is 3.47. The highest BCUT2D eigenvalue weighted by Gasteiger charge is 2.29. The summed E-state index contributed by atoms with van der Waals surface area (Å²) in [7, 11) is 0. The third-order valence-corrected chi connectivity index (χ3v) is 5.20. The van der Waals surface area contributed by atoms with E-state index in [0.717, 1.165) is 31.7 Å². The molecule has 0 saturated carbocycles. The molecule has 3 heterocycles. The number of hydrogen-bond acceptors (Lipinski definition) is 6. The molecule has 134 valence electrons. The van der Waals surface area contributed by atoms with Crippen LogP contribution < -0.4 is 10.6 Å². The van der Waals surface area contributed by atoms with Crippen molar-refractivity contribution in [2.24, 2.45) is 5.92 Å². The molecule has 1 saturated heterocycles. The first-order valence-electron chi connectivity index (χ1n) is 8.38. The van der Waals surface area contributed by atoms with Gasteiger partial charge in [-0.3, -0.25) is 14.5 Å². The van der Waals surface area contributed by atoms with Crippen LogP contribution in [-0.4, -0.2) is 40.8 Å². The number of likely N-dealkylation sites (tertiary alicyclic amines) is 1. The summed E-state index contributed by atoms with van der Waals surface area (Å²) in [6.07, 6.45) is 4.76. The van der Waals surface area contributed by atoms with Gasteiger partial charge in [0.1, 0.15) is 5.76 Å². The summed E-state index contributed by atoms with van der Waals surface area (Å²) >= 11 is 1.40. The molecule has 25 heavy (non-hydrogen) atoms. The van der Waals surface area contributed by atoms with Crippen molar-refractivity contribution in [3.8, 4) is 0 Å². The zero-order valence-electron chi connectivity index (χ0n) is 14.1. The number of furan rings is 1. The van der Waals surface area contributed by atoms with Crippen LogP contribution in [0.15, 0.2) is 34.4 Å². The molecule has 3 rings (SSSR count). The van der Waals surface area contributed by atoms with Crippen molar-refractivity contribution in [3.63, 3.8) is 0 Å². The van der Waals surface area contributed by atoms with Gasteiger partial charge in [0, 0.05) is 17.5 Å². The molecule has 2 N–H and O–H groups in total. The zero-order valence-corrected chi connectivity index (χ0v) is 14.9. The fourth-order valence-electron chi connectivity index (χ4n) is 2.94. The van der Waals surface area contributed by atoms with Crippen molar-refractivity contribution in [2.75, 3.05) is 18.4 Å². The Labute approximate surface area is 150 Å². The highest BCUT2D eigenvalue weighted by atomic mass is 32.1. The topological polar surface area (TPSA) is 87.5 Å². The normalized spacial score (nSPS) is 17.2. The second-order valence-electron chi connectivity index (χ2n) is 6.11. The van der Waals surface area contributed by atoms with Gasteiger partial charge in [-0.15, -0.1) is 11.3 Å². The summed E-state index contributed by atoms with van der Waals surface area (Å²) in [6.45, 7) is 3.76. The number of anilines is 1. The molecule has 1 fully saturated rings. The van der Waals surface area contributed by atoms with E-state index in [0.29, 0.717) is 11.7 Å². The van der Waals surface area contributed by atoms with Crippen molar-refractivity contribution in [2.45, 2.75) is 32.4 Å². The maximum Gasteiger partial charge on any atom is 0.243 e. The molecule has 0 spiro atoms. The summed E-state index contributed by atoms with van der Waals surface area (Å²) in [5.74, 6) is 0.727.